The third-order valence-corrected chi connectivity index (χ3v) is 5.34. The number of urea groups is 1. The fraction of sp³-hybridized carbons (Fsp3) is 0.421. The second-order valence-corrected chi connectivity index (χ2v) is 7.47. The summed E-state index contributed by atoms with van der Waals surface area (Å²) in [5.41, 5.74) is 1.79. The molecular formula is C19H25N3O2S. The molecule has 25 heavy (non-hydrogen) atoms. The van der Waals surface area contributed by atoms with Crippen LogP contribution in [-0.2, 0) is 6.54 Å². The number of carbonyl (C=O) groups is 1. The van der Waals surface area contributed by atoms with Gasteiger partial charge in [0, 0.05) is 29.7 Å². The number of ether oxygens (including phenoxy) is 1. The molecule has 0 radical (unpaired) electrons. The van der Waals surface area contributed by atoms with Gasteiger partial charge in [0.25, 0.3) is 0 Å². The number of benzene rings is 1. The zero-order valence-corrected chi connectivity index (χ0v) is 15.6. The third kappa shape index (κ3) is 4.96. The van der Waals surface area contributed by atoms with Crippen LogP contribution in [0.5, 0.6) is 5.75 Å². The predicted molar refractivity (Wildman–Crippen MR) is 103 cm³/mol. The summed E-state index contributed by atoms with van der Waals surface area (Å²) >= 11 is 1.79. The average molecular weight is 359 g/mol. The van der Waals surface area contributed by atoms with Gasteiger partial charge in [-0.2, -0.15) is 0 Å². The highest BCUT2D eigenvalue weighted by molar-refractivity contribution is 7.09. The molecular weight excluding hydrogens is 334 g/mol. The first-order valence-electron chi connectivity index (χ1n) is 8.61. The molecule has 3 rings (SSSR count). The fourth-order valence-electron chi connectivity index (χ4n) is 3.19. The van der Waals surface area contributed by atoms with Crippen molar-refractivity contribution >= 4 is 23.1 Å². The Balaban J connectivity index is 1.52. The molecule has 2 amide bonds. The van der Waals surface area contributed by atoms with Crippen molar-refractivity contribution in [2.75, 3.05) is 25.5 Å². The molecule has 1 saturated heterocycles. The lowest BCUT2D eigenvalue weighted by Crippen LogP contribution is -2.48. The minimum atomic E-state index is -0.142. The summed E-state index contributed by atoms with van der Waals surface area (Å²) in [5.74, 6) is 0.792. The second kappa shape index (κ2) is 8.36. The molecule has 1 aliphatic rings. The van der Waals surface area contributed by atoms with Crippen LogP contribution in [0, 0.1) is 6.92 Å². The van der Waals surface area contributed by atoms with Crippen LogP contribution in [0.2, 0.25) is 0 Å². The number of carbonyl (C=O) groups excluding carboxylic acids is 1. The van der Waals surface area contributed by atoms with E-state index in [1.165, 1.54) is 4.88 Å². The molecule has 1 fully saturated rings. The lowest BCUT2D eigenvalue weighted by molar-refractivity contribution is 0.184. The second-order valence-electron chi connectivity index (χ2n) is 6.43. The number of piperidine rings is 1. The van der Waals surface area contributed by atoms with Crippen LogP contribution in [0.4, 0.5) is 10.5 Å². The first-order valence-corrected chi connectivity index (χ1v) is 9.49. The maximum absolute atomic E-state index is 12.3. The van der Waals surface area contributed by atoms with E-state index < -0.39 is 0 Å². The van der Waals surface area contributed by atoms with Crippen LogP contribution in [0.15, 0.2) is 35.7 Å². The number of hydrogen-bond acceptors (Lipinski definition) is 4. The molecule has 1 aromatic heterocycles. The fourth-order valence-corrected chi connectivity index (χ4v) is 3.93. The van der Waals surface area contributed by atoms with Gasteiger partial charge in [0.15, 0.2) is 0 Å². The van der Waals surface area contributed by atoms with Crippen molar-refractivity contribution in [3.05, 3.63) is 46.2 Å². The highest BCUT2D eigenvalue weighted by Crippen LogP contribution is 2.21. The van der Waals surface area contributed by atoms with Gasteiger partial charge in [0.2, 0.25) is 0 Å². The Bertz CT molecular complexity index is 703. The van der Waals surface area contributed by atoms with Crippen LogP contribution in [0.1, 0.15) is 23.3 Å². The summed E-state index contributed by atoms with van der Waals surface area (Å²) in [6.45, 7) is 4.92. The van der Waals surface area contributed by atoms with Crippen LogP contribution < -0.4 is 15.4 Å². The average Bonchev–Trinajstić information content (AvgIpc) is 3.10. The van der Waals surface area contributed by atoms with Crippen LogP contribution in [-0.4, -0.2) is 37.2 Å². The molecule has 1 aliphatic heterocycles. The highest BCUT2D eigenvalue weighted by atomic mass is 32.1. The molecule has 1 atom stereocenters. The van der Waals surface area contributed by atoms with Crippen molar-refractivity contribution in [2.24, 2.45) is 0 Å². The van der Waals surface area contributed by atoms with Crippen molar-refractivity contribution in [3.63, 3.8) is 0 Å². The maximum atomic E-state index is 12.3. The molecule has 0 saturated carbocycles. The number of rotatable bonds is 5. The Kier molecular flexibility index (Phi) is 5.94. The number of nitrogens with zero attached hydrogens (tertiary/aromatic N) is 1. The molecule has 2 heterocycles. The van der Waals surface area contributed by atoms with E-state index in [4.69, 9.17) is 4.74 Å². The lowest BCUT2D eigenvalue weighted by atomic mass is 10.1. The van der Waals surface area contributed by atoms with E-state index >= 15 is 0 Å². The summed E-state index contributed by atoms with van der Waals surface area (Å²) in [4.78, 5) is 16.1. The predicted octanol–water partition coefficient (Wildman–Crippen LogP) is 3.85. The summed E-state index contributed by atoms with van der Waals surface area (Å²) in [7, 11) is 1.64. The van der Waals surface area contributed by atoms with Gasteiger partial charge in [-0.1, -0.05) is 6.07 Å². The summed E-state index contributed by atoms with van der Waals surface area (Å²) in [6, 6.07) is 9.94. The van der Waals surface area contributed by atoms with Crippen molar-refractivity contribution < 1.29 is 9.53 Å². The van der Waals surface area contributed by atoms with Gasteiger partial charge in [-0.3, -0.25) is 4.90 Å². The Morgan fingerprint density at radius 2 is 2.28 bits per heavy atom. The summed E-state index contributed by atoms with van der Waals surface area (Å²) < 4.78 is 5.20. The van der Waals surface area contributed by atoms with E-state index in [0.29, 0.717) is 0 Å². The topological polar surface area (TPSA) is 53.6 Å². The molecule has 2 N–H and O–H groups in total. The Morgan fingerprint density at radius 3 is 3.00 bits per heavy atom. The Labute approximate surface area is 153 Å². The zero-order valence-electron chi connectivity index (χ0n) is 14.7. The summed E-state index contributed by atoms with van der Waals surface area (Å²) in [6.07, 6.45) is 2.13. The molecule has 0 bridgehead atoms. The van der Waals surface area contributed by atoms with Gasteiger partial charge >= 0.3 is 6.03 Å². The molecule has 2 aromatic rings. The maximum Gasteiger partial charge on any atom is 0.319 e. The van der Waals surface area contributed by atoms with Gasteiger partial charge in [0.05, 0.1) is 7.11 Å². The summed E-state index contributed by atoms with van der Waals surface area (Å²) in [5, 5.41) is 8.17. The van der Waals surface area contributed by atoms with E-state index in [2.05, 4.69) is 33.0 Å². The van der Waals surface area contributed by atoms with E-state index in [9.17, 15) is 4.79 Å². The number of methoxy groups -OCH3 is 1. The minimum Gasteiger partial charge on any atom is -0.497 e. The van der Waals surface area contributed by atoms with Crippen molar-refractivity contribution in [3.8, 4) is 5.75 Å². The Morgan fingerprint density at radius 1 is 1.40 bits per heavy atom. The monoisotopic (exact) mass is 359 g/mol. The number of amides is 2. The van der Waals surface area contributed by atoms with Crippen molar-refractivity contribution in [2.45, 2.75) is 32.4 Å². The lowest BCUT2D eigenvalue weighted by Gasteiger charge is -2.32. The minimum absolute atomic E-state index is 0.142. The number of anilines is 1. The molecule has 5 nitrogen and oxygen atoms in total. The SMILES string of the molecule is COc1ccc(NC(=O)NC2CCCN(Cc3cccs3)C2)c(C)c1. The van der Waals surface area contributed by atoms with Crippen LogP contribution in [0.3, 0.4) is 0 Å². The van der Waals surface area contributed by atoms with Crippen molar-refractivity contribution in [1.82, 2.24) is 10.2 Å². The molecule has 6 heteroatoms. The normalized spacial score (nSPS) is 17.9. The van der Waals surface area contributed by atoms with Gasteiger partial charge in [-0.05, 0) is 61.5 Å². The van der Waals surface area contributed by atoms with Crippen molar-refractivity contribution in [1.29, 1.82) is 0 Å². The number of nitrogens with one attached hydrogen (secondary N) is 2. The molecule has 0 aliphatic carbocycles. The van der Waals surface area contributed by atoms with E-state index in [-0.39, 0.29) is 12.1 Å². The van der Waals surface area contributed by atoms with E-state index in [0.717, 1.165) is 49.5 Å². The number of aryl methyl sites for hydroxylation is 1. The zero-order chi connectivity index (χ0) is 17.6. The molecule has 0 spiro atoms. The smallest absolute Gasteiger partial charge is 0.319 e. The molecule has 134 valence electrons. The van der Waals surface area contributed by atoms with Gasteiger partial charge in [-0.15, -0.1) is 11.3 Å². The number of likely N-dealkylation sites (tertiary alicyclic amines) is 1. The van der Waals surface area contributed by atoms with Gasteiger partial charge in [0.1, 0.15) is 5.75 Å². The third-order valence-electron chi connectivity index (χ3n) is 4.48. The van der Waals surface area contributed by atoms with E-state index in [1.54, 1.807) is 18.4 Å². The number of hydrogen-bond donors (Lipinski definition) is 2. The largest absolute Gasteiger partial charge is 0.497 e. The molecule has 1 unspecified atom stereocenters. The van der Waals surface area contributed by atoms with Gasteiger partial charge in [-0.25, -0.2) is 4.79 Å². The van der Waals surface area contributed by atoms with Crippen LogP contribution >= 0.6 is 11.3 Å². The Hall–Kier alpha value is -2.05. The quantitative estimate of drug-likeness (QED) is 0.852. The van der Waals surface area contributed by atoms with Gasteiger partial charge < -0.3 is 15.4 Å². The van der Waals surface area contributed by atoms with Crippen LogP contribution in [0.25, 0.3) is 0 Å². The van der Waals surface area contributed by atoms with E-state index in [1.807, 2.05) is 25.1 Å². The standard InChI is InChI=1S/C19H25N3O2S/c1-14-11-16(24-2)7-8-18(14)21-19(23)20-15-5-3-9-22(12-15)13-17-6-4-10-25-17/h4,6-8,10-11,15H,3,5,9,12-13H2,1-2H3,(H2,20,21,23). The highest BCUT2D eigenvalue weighted by Gasteiger charge is 2.21. The first-order chi connectivity index (χ1) is 12.1. The number of thiophene rings is 1. The first kappa shape index (κ1) is 17.8. The molecule has 1 aromatic carbocycles.